The summed E-state index contributed by atoms with van der Waals surface area (Å²) in [6.45, 7) is 11.0. The van der Waals surface area contributed by atoms with E-state index >= 15 is 0 Å². The molecule has 0 unspecified atom stereocenters. The van der Waals surface area contributed by atoms with Crippen LogP contribution in [0.3, 0.4) is 0 Å². The van der Waals surface area contributed by atoms with Crippen LogP contribution in [-0.4, -0.2) is 19.1 Å². The molecule has 0 aliphatic heterocycles. The Kier molecular flexibility index (Phi) is 7.27. The third-order valence-electron chi connectivity index (χ3n) is 3.34. The maximum absolute atomic E-state index is 12.5. The summed E-state index contributed by atoms with van der Waals surface area (Å²) < 4.78 is 12.1. The van der Waals surface area contributed by atoms with Gasteiger partial charge in [-0.25, -0.2) is 0 Å². The standard InChI is InChI=1S/C21H24BrNO3/c1-14(2)12-25-18-7-5-6-17(11-18)23-21(24)16-8-9-20(19(22)10-16)26-13-15(3)4/h5-11,15H,1,12-13H2,2-4H3,(H,23,24). The molecule has 0 saturated heterocycles. The first-order valence-electron chi connectivity index (χ1n) is 8.46. The Morgan fingerprint density at radius 1 is 1.19 bits per heavy atom. The predicted molar refractivity (Wildman–Crippen MR) is 109 cm³/mol. The molecule has 138 valence electrons. The Morgan fingerprint density at radius 3 is 2.62 bits per heavy atom. The van der Waals surface area contributed by atoms with Crippen molar-refractivity contribution >= 4 is 27.5 Å². The lowest BCUT2D eigenvalue weighted by atomic mass is 10.2. The first-order chi connectivity index (χ1) is 12.3. The van der Waals surface area contributed by atoms with Crippen molar-refractivity contribution in [1.29, 1.82) is 0 Å². The Labute approximate surface area is 163 Å². The van der Waals surface area contributed by atoms with Crippen molar-refractivity contribution in [3.8, 4) is 11.5 Å². The zero-order chi connectivity index (χ0) is 19.1. The molecule has 0 aliphatic rings. The first kappa shape index (κ1) is 20.0. The minimum atomic E-state index is -0.196. The number of carbonyl (C=O) groups excluding carboxylic acids is 1. The molecule has 0 radical (unpaired) electrons. The van der Waals surface area contributed by atoms with Crippen LogP contribution in [0, 0.1) is 5.92 Å². The second-order valence-electron chi connectivity index (χ2n) is 6.58. The number of carbonyl (C=O) groups is 1. The number of nitrogens with one attached hydrogen (secondary N) is 1. The lowest BCUT2D eigenvalue weighted by Gasteiger charge is -2.12. The highest BCUT2D eigenvalue weighted by molar-refractivity contribution is 9.10. The van der Waals surface area contributed by atoms with E-state index in [2.05, 4.69) is 41.7 Å². The minimum absolute atomic E-state index is 0.196. The average Bonchev–Trinajstić information content (AvgIpc) is 2.59. The summed E-state index contributed by atoms with van der Waals surface area (Å²) in [6, 6.07) is 12.6. The fourth-order valence-electron chi connectivity index (χ4n) is 2.09. The quantitative estimate of drug-likeness (QED) is 0.560. The fourth-order valence-corrected chi connectivity index (χ4v) is 2.58. The first-order valence-corrected chi connectivity index (χ1v) is 9.25. The molecule has 0 bridgehead atoms. The Bertz CT molecular complexity index is 787. The summed E-state index contributed by atoms with van der Waals surface area (Å²) in [5.41, 5.74) is 2.15. The van der Waals surface area contributed by atoms with Gasteiger partial charge in [-0.05, 0) is 64.7 Å². The van der Waals surface area contributed by atoms with Crippen LogP contribution in [-0.2, 0) is 0 Å². The largest absolute Gasteiger partial charge is 0.492 e. The van der Waals surface area contributed by atoms with Gasteiger partial charge in [0.05, 0.1) is 11.1 Å². The van der Waals surface area contributed by atoms with Gasteiger partial charge in [0.25, 0.3) is 5.91 Å². The maximum Gasteiger partial charge on any atom is 0.255 e. The normalized spacial score (nSPS) is 10.5. The molecule has 5 heteroatoms. The predicted octanol–water partition coefficient (Wildman–Crippen LogP) is 5.69. The SMILES string of the molecule is C=C(C)COc1cccc(NC(=O)c2ccc(OCC(C)C)c(Br)c2)c1. The third-order valence-corrected chi connectivity index (χ3v) is 3.96. The van der Waals surface area contributed by atoms with Crippen LogP contribution in [0.4, 0.5) is 5.69 Å². The summed E-state index contributed by atoms with van der Waals surface area (Å²) in [7, 11) is 0. The van der Waals surface area contributed by atoms with Crippen LogP contribution in [0.25, 0.3) is 0 Å². The van der Waals surface area contributed by atoms with Gasteiger partial charge >= 0.3 is 0 Å². The number of hydrogen-bond donors (Lipinski definition) is 1. The monoisotopic (exact) mass is 417 g/mol. The summed E-state index contributed by atoms with van der Waals surface area (Å²) >= 11 is 3.46. The van der Waals surface area contributed by atoms with Crippen LogP contribution in [0.5, 0.6) is 11.5 Å². The summed E-state index contributed by atoms with van der Waals surface area (Å²) in [6.07, 6.45) is 0. The number of anilines is 1. The van der Waals surface area contributed by atoms with Gasteiger partial charge in [-0.2, -0.15) is 0 Å². The van der Waals surface area contributed by atoms with Crippen molar-refractivity contribution in [1.82, 2.24) is 0 Å². The summed E-state index contributed by atoms with van der Waals surface area (Å²) in [5, 5.41) is 2.88. The van der Waals surface area contributed by atoms with Crippen LogP contribution >= 0.6 is 15.9 Å². The fraction of sp³-hybridized carbons (Fsp3) is 0.286. The van der Waals surface area contributed by atoms with Crippen molar-refractivity contribution in [2.45, 2.75) is 20.8 Å². The molecule has 2 rings (SSSR count). The average molecular weight is 418 g/mol. The molecule has 0 heterocycles. The molecule has 2 aromatic carbocycles. The minimum Gasteiger partial charge on any atom is -0.492 e. The van der Waals surface area contributed by atoms with Crippen LogP contribution < -0.4 is 14.8 Å². The molecule has 2 aromatic rings. The van der Waals surface area contributed by atoms with Gasteiger partial charge in [-0.3, -0.25) is 4.79 Å². The highest BCUT2D eigenvalue weighted by atomic mass is 79.9. The molecule has 0 atom stereocenters. The zero-order valence-corrected chi connectivity index (χ0v) is 16.9. The third kappa shape index (κ3) is 6.23. The molecule has 0 spiro atoms. The van der Waals surface area contributed by atoms with Gasteiger partial charge in [-0.1, -0.05) is 26.5 Å². The van der Waals surface area contributed by atoms with Gasteiger partial charge in [0.2, 0.25) is 0 Å². The summed E-state index contributed by atoms with van der Waals surface area (Å²) in [4.78, 5) is 12.5. The number of hydrogen-bond acceptors (Lipinski definition) is 3. The van der Waals surface area contributed by atoms with Crippen LogP contribution in [0.2, 0.25) is 0 Å². The molecule has 0 saturated carbocycles. The van der Waals surface area contributed by atoms with Crippen molar-refractivity contribution in [2.75, 3.05) is 18.5 Å². The van der Waals surface area contributed by atoms with Gasteiger partial charge in [0, 0.05) is 17.3 Å². The van der Waals surface area contributed by atoms with E-state index in [0.29, 0.717) is 36.1 Å². The number of benzene rings is 2. The molecular weight excluding hydrogens is 394 g/mol. The van der Waals surface area contributed by atoms with E-state index < -0.39 is 0 Å². The van der Waals surface area contributed by atoms with Crippen molar-refractivity contribution in [3.63, 3.8) is 0 Å². The van der Waals surface area contributed by atoms with Crippen molar-refractivity contribution in [3.05, 3.63) is 64.7 Å². The van der Waals surface area contributed by atoms with Crippen LogP contribution in [0.1, 0.15) is 31.1 Å². The molecule has 0 fully saturated rings. The van der Waals surface area contributed by atoms with E-state index in [1.54, 1.807) is 24.3 Å². The van der Waals surface area contributed by atoms with Gasteiger partial charge in [0.15, 0.2) is 0 Å². The summed E-state index contributed by atoms with van der Waals surface area (Å²) in [5.74, 6) is 1.65. The van der Waals surface area contributed by atoms with E-state index in [9.17, 15) is 4.79 Å². The Morgan fingerprint density at radius 2 is 1.96 bits per heavy atom. The Hall–Kier alpha value is -2.27. The van der Waals surface area contributed by atoms with Crippen molar-refractivity contribution < 1.29 is 14.3 Å². The van der Waals surface area contributed by atoms with Gasteiger partial charge < -0.3 is 14.8 Å². The number of rotatable bonds is 8. The lowest BCUT2D eigenvalue weighted by Crippen LogP contribution is -2.12. The zero-order valence-electron chi connectivity index (χ0n) is 15.3. The van der Waals surface area contributed by atoms with Crippen LogP contribution in [0.15, 0.2) is 59.1 Å². The molecule has 26 heavy (non-hydrogen) atoms. The van der Waals surface area contributed by atoms with Gasteiger partial charge in [-0.15, -0.1) is 0 Å². The second kappa shape index (κ2) is 9.43. The maximum atomic E-state index is 12.5. The van der Waals surface area contributed by atoms with E-state index in [0.717, 1.165) is 15.8 Å². The van der Waals surface area contributed by atoms with E-state index in [1.807, 2.05) is 25.1 Å². The number of ether oxygens (including phenoxy) is 2. The van der Waals surface area contributed by atoms with E-state index in [4.69, 9.17) is 9.47 Å². The lowest BCUT2D eigenvalue weighted by molar-refractivity contribution is 0.102. The topological polar surface area (TPSA) is 47.6 Å². The van der Waals surface area contributed by atoms with E-state index in [-0.39, 0.29) is 5.91 Å². The molecular formula is C21H24BrNO3. The van der Waals surface area contributed by atoms with E-state index in [1.165, 1.54) is 0 Å². The Balaban J connectivity index is 2.04. The van der Waals surface area contributed by atoms with Crippen molar-refractivity contribution in [2.24, 2.45) is 5.92 Å². The highest BCUT2D eigenvalue weighted by Gasteiger charge is 2.10. The number of halogens is 1. The highest BCUT2D eigenvalue weighted by Crippen LogP contribution is 2.27. The molecule has 0 aliphatic carbocycles. The molecule has 4 nitrogen and oxygen atoms in total. The number of amides is 1. The molecule has 0 aromatic heterocycles. The van der Waals surface area contributed by atoms with Gasteiger partial charge in [0.1, 0.15) is 18.1 Å². The second-order valence-corrected chi connectivity index (χ2v) is 7.43. The smallest absolute Gasteiger partial charge is 0.255 e. The molecule has 1 N–H and O–H groups in total. The molecule has 1 amide bonds.